The van der Waals surface area contributed by atoms with E-state index in [4.69, 9.17) is 4.74 Å². The largest absolute Gasteiger partial charge is 0.394 e. The molecule has 3 rings (SSSR count). The standard InChI is InChI=1S/C17H24N4O3/c1-5-13(23)11-6-12(16-10(3)9(2)14(7-22)24-16)21-15(11)17(18-4)19-8-20-21/h6,8-10,14,16,22H,5,7H2,1-4H3,(H,18,19,20). The third-order valence-electron chi connectivity index (χ3n) is 5.13. The Labute approximate surface area is 141 Å². The molecule has 0 radical (unpaired) electrons. The molecular weight excluding hydrogens is 308 g/mol. The highest BCUT2D eigenvalue weighted by atomic mass is 16.5. The summed E-state index contributed by atoms with van der Waals surface area (Å²) in [6, 6.07) is 1.87. The number of aliphatic hydroxyl groups excluding tert-OH is 1. The van der Waals surface area contributed by atoms with Crippen LogP contribution in [0.1, 0.15) is 49.3 Å². The lowest BCUT2D eigenvalue weighted by Crippen LogP contribution is -2.19. The zero-order chi connectivity index (χ0) is 17.4. The Morgan fingerprint density at radius 3 is 2.75 bits per heavy atom. The molecule has 2 aromatic heterocycles. The molecule has 24 heavy (non-hydrogen) atoms. The van der Waals surface area contributed by atoms with E-state index < -0.39 is 0 Å². The van der Waals surface area contributed by atoms with Gasteiger partial charge in [-0.05, 0) is 17.9 Å². The number of carbonyl (C=O) groups is 1. The van der Waals surface area contributed by atoms with Gasteiger partial charge in [-0.2, -0.15) is 5.10 Å². The predicted octanol–water partition coefficient (Wildman–Crippen LogP) is 2.07. The molecule has 3 heterocycles. The molecule has 1 fully saturated rings. The van der Waals surface area contributed by atoms with Crippen LogP contribution in [0.3, 0.4) is 0 Å². The van der Waals surface area contributed by atoms with Crippen LogP contribution in [0.15, 0.2) is 12.4 Å². The molecule has 2 N–H and O–H groups in total. The molecule has 0 spiro atoms. The number of fused-ring (bicyclic) bond motifs is 1. The quantitative estimate of drug-likeness (QED) is 0.815. The monoisotopic (exact) mass is 332 g/mol. The maximum absolute atomic E-state index is 12.4. The van der Waals surface area contributed by atoms with Gasteiger partial charge in [-0.25, -0.2) is 9.50 Å². The van der Waals surface area contributed by atoms with Crippen LogP contribution in [-0.2, 0) is 4.74 Å². The fourth-order valence-electron chi connectivity index (χ4n) is 3.46. The van der Waals surface area contributed by atoms with Crippen molar-refractivity contribution in [3.63, 3.8) is 0 Å². The second kappa shape index (κ2) is 6.49. The number of anilines is 1. The minimum atomic E-state index is -0.220. The number of hydrogen-bond acceptors (Lipinski definition) is 6. The Bertz CT molecular complexity index is 758. The zero-order valence-electron chi connectivity index (χ0n) is 14.5. The van der Waals surface area contributed by atoms with E-state index in [1.165, 1.54) is 6.33 Å². The number of Topliss-reactive ketones (excluding diaryl/α,β-unsaturated/α-hetero) is 1. The first-order valence-corrected chi connectivity index (χ1v) is 8.37. The van der Waals surface area contributed by atoms with Crippen molar-refractivity contribution in [2.75, 3.05) is 19.0 Å². The lowest BCUT2D eigenvalue weighted by Gasteiger charge is -2.16. The number of nitrogens with one attached hydrogen (secondary N) is 1. The normalized spacial score (nSPS) is 26.9. The zero-order valence-corrected chi connectivity index (χ0v) is 14.5. The van der Waals surface area contributed by atoms with E-state index in [0.29, 0.717) is 23.3 Å². The minimum absolute atomic E-state index is 0.0111. The number of rotatable bonds is 5. The third kappa shape index (κ3) is 2.48. The average molecular weight is 332 g/mol. The first kappa shape index (κ1) is 16.9. The van der Waals surface area contributed by atoms with Crippen LogP contribution < -0.4 is 5.32 Å². The van der Waals surface area contributed by atoms with E-state index in [9.17, 15) is 9.90 Å². The second-order valence-corrected chi connectivity index (χ2v) is 6.37. The maximum Gasteiger partial charge on any atom is 0.164 e. The first-order valence-electron chi connectivity index (χ1n) is 8.37. The summed E-state index contributed by atoms with van der Waals surface area (Å²) < 4.78 is 7.81. The first-order chi connectivity index (χ1) is 11.5. The topological polar surface area (TPSA) is 88.8 Å². The molecule has 7 nitrogen and oxygen atoms in total. The SMILES string of the molecule is CCC(=O)c1cc(C2OC(CO)C(C)C2C)n2ncnc(NC)c12. The molecule has 0 aromatic carbocycles. The van der Waals surface area contributed by atoms with Crippen LogP contribution >= 0.6 is 0 Å². The average Bonchev–Trinajstić information content (AvgIpc) is 3.12. The summed E-state index contributed by atoms with van der Waals surface area (Å²) in [6.07, 6.45) is 1.46. The van der Waals surface area contributed by atoms with Crippen LogP contribution in [0.4, 0.5) is 5.82 Å². The summed E-state index contributed by atoms with van der Waals surface area (Å²) in [7, 11) is 1.77. The highest BCUT2D eigenvalue weighted by Crippen LogP contribution is 2.43. The van der Waals surface area contributed by atoms with Gasteiger partial charge in [-0.3, -0.25) is 4.79 Å². The number of carbonyl (C=O) groups excluding carboxylic acids is 1. The number of ether oxygens (including phenoxy) is 1. The van der Waals surface area contributed by atoms with Crippen molar-refractivity contribution in [2.24, 2.45) is 11.8 Å². The summed E-state index contributed by atoms with van der Waals surface area (Å²) >= 11 is 0. The van der Waals surface area contributed by atoms with Crippen LogP contribution in [0.25, 0.3) is 5.52 Å². The lowest BCUT2D eigenvalue weighted by molar-refractivity contribution is -0.00448. The number of aromatic nitrogens is 3. The van der Waals surface area contributed by atoms with E-state index >= 15 is 0 Å². The van der Waals surface area contributed by atoms with E-state index in [-0.39, 0.29) is 36.4 Å². The van der Waals surface area contributed by atoms with Crippen molar-refractivity contribution < 1.29 is 14.6 Å². The molecule has 4 unspecified atom stereocenters. The van der Waals surface area contributed by atoms with Gasteiger partial charge in [0.15, 0.2) is 11.6 Å². The van der Waals surface area contributed by atoms with Gasteiger partial charge in [-0.1, -0.05) is 20.8 Å². The highest BCUT2D eigenvalue weighted by molar-refractivity contribution is 6.05. The lowest BCUT2D eigenvalue weighted by atomic mass is 9.89. The van der Waals surface area contributed by atoms with Crippen LogP contribution in [0.2, 0.25) is 0 Å². The van der Waals surface area contributed by atoms with Gasteiger partial charge >= 0.3 is 0 Å². The fraction of sp³-hybridized carbons (Fsp3) is 0.588. The second-order valence-electron chi connectivity index (χ2n) is 6.37. The van der Waals surface area contributed by atoms with Crippen molar-refractivity contribution in [3.05, 3.63) is 23.7 Å². The van der Waals surface area contributed by atoms with Crippen molar-refractivity contribution in [3.8, 4) is 0 Å². The van der Waals surface area contributed by atoms with Crippen LogP contribution in [0, 0.1) is 11.8 Å². The molecule has 130 valence electrons. The minimum Gasteiger partial charge on any atom is -0.394 e. The molecule has 1 aliphatic rings. The van der Waals surface area contributed by atoms with Crippen molar-refractivity contribution in [2.45, 2.75) is 39.4 Å². The Balaban J connectivity index is 2.17. The molecule has 1 aliphatic heterocycles. The molecule has 0 bridgehead atoms. The van der Waals surface area contributed by atoms with Gasteiger partial charge in [0.2, 0.25) is 0 Å². The van der Waals surface area contributed by atoms with E-state index in [1.54, 1.807) is 11.6 Å². The van der Waals surface area contributed by atoms with Crippen LogP contribution in [0.5, 0.6) is 0 Å². The van der Waals surface area contributed by atoms with E-state index in [0.717, 1.165) is 5.69 Å². The molecule has 0 saturated carbocycles. The Morgan fingerprint density at radius 2 is 2.17 bits per heavy atom. The van der Waals surface area contributed by atoms with Crippen molar-refractivity contribution in [1.29, 1.82) is 0 Å². The van der Waals surface area contributed by atoms with E-state index in [2.05, 4.69) is 29.2 Å². The Morgan fingerprint density at radius 1 is 1.42 bits per heavy atom. The summed E-state index contributed by atoms with van der Waals surface area (Å²) in [5, 5.41) is 16.9. The molecule has 7 heteroatoms. The Kier molecular flexibility index (Phi) is 4.56. The third-order valence-corrected chi connectivity index (χ3v) is 5.13. The van der Waals surface area contributed by atoms with Crippen molar-refractivity contribution in [1.82, 2.24) is 14.6 Å². The number of ketones is 1. The summed E-state index contributed by atoms with van der Waals surface area (Å²) in [5.74, 6) is 1.09. The number of nitrogens with zero attached hydrogens (tertiary/aromatic N) is 3. The Hall–Kier alpha value is -1.99. The predicted molar refractivity (Wildman–Crippen MR) is 90.2 cm³/mol. The van der Waals surface area contributed by atoms with Gasteiger partial charge in [0, 0.05) is 19.0 Å². The molecule has 0 aliphatic carbocycles. The molecular formula is C17H24N4O3. The van der Waals surface area contributed by atoms with Gasteiger partial charge in [0.25, 0.3) is 0 Å². The highest BCUT2D eigenvalue weighted by Gasteiger charge is 2.41. The smallest absolute Gasteiger partial charge is 0.164 e. The van der Waals surface area contributed by atoms with Gasteiger partial charge in [-0.15, -0.1) is 0 Å². The van der Waals surface area contributed by atoms with Gasteiger partial charge in [0.05, 0.1) is 18.4 Å². The fourth-order valence-corrected chi connectivity index (χ4v) is 3.46. The molecule has 0 amide bonds. The maximum atomic E-state index is 12.4. The van der Waals surface area contributed by atoms with Crippen LogP contribution in [-0.4, -0.2) is 45.2 Å². The summed E-state index contributed by atoms with van der Waals surface area (Å²) in [6.45, 7) is 6.01. The molecule has 1 saturated heterocycles. The molecule has 2 aromatic rings. The summed E-state index contributed by atoms with van der Waals surface area (Å²) in [4.78, 5) is 16.6. The number of hydrogen-bond donors (Lipinski definition) is 2. The number of aliphatic hydroxyl groups is 1. The molecule has 4 atom stereocenters. The van der Waals surface area contributed by atoms with Crippen molar-refractivity contribution >= 4 is 17.1 Å². The van der Waals surface area contributed by atoms with E-state index in [1.807, 2.05) is 13.0 Å². The van der Waals surface area contributed by atoms with Gasteiger partial charge < -0.3 is 15.2 Å². The summed E-state index contributed by atoms with van der Waals surface area (Å²) in [5.41, 5.74) is 2.11. The van der Waals surface area contributed by atoms with Gasteiger partial charge in [0.1, 0.15) is 17.9 Å².